The largest absolute Gasteiger partial charge is 0.410 e. The Hall–Kier alpha value is -0.413. The van der Waals surface area contributed by atoms with Gasteiger partial charge in [-0.15, -0.1) is 0 Å². The van der Waals surface area contributed by atoms with Crippen molar-refractivity contribution in [3.63, 3.8) is 0 Å². The SMILES string of the molecule is CCCC/C=C/CC(=O)CO[Si](C)(C)C(C)(C)C. The van der Waals surface area contributed by atoms with Gasteiger partial charge in [0.05, 0.1) is 6.61 Å². The Morgan fingerprint density at radius 3 is 2.33 bits per heavy atom. The van der Waals surface area contributed by atoms with Crippen LogP contribution >= 0.6 is 0 Å². The molecule has 0 rings (SSSR count). The highest BCUT2D eigenvalue weighted by atomic mass is 28.4. The van der Waals surface area contributed by atoms with Crippen LogP contribution in [0.3, 0.4) is 0 Å². The molecule has 18 heavy (non-hydrogen) atoms. The van der Waals surface area contributed by atoms with Gasteiger partial charge in [0, 0.05) is 6.42 Å². The molecule has 0 aliphatic rings. The van der Waals surface area contributed by atoms with Gasteiger partial charge in [-0.05, 0) is 24.6 Å². The molecule has 0 amide bonds. The van der Waals surface area contributed by atoms with Gasteiger partial charge in [0.25, 0.3) is 0 Å². The van der Waals surface area contributed by atoms with Crippen LogP contribution in [0.4, 0.5) is 0 Å². The van der Waals surface area contributed by atoms with Crippen LogP contribution in [0, 0.1) is 0 Å². The fourth-order valence-corrected chi connectivity index (χ4v) is 2.15. The van der Waals surface area contributed by atoms with E-state index in [0.717, 1.165) is 6.42 Å². The van der Waals surface area contributed by atoms with Gasteiger partial charge < -0.3 is 4.43 Å². The molecule has 106 valence electrons. The average molecular weight is 270 g/mol. The van der Waals surface area contributed by atoms with E-state index in [1.54, 1.807) is 0 Å². The number of allylic oxidation sites excluding steroid dienone is 2. The first-order chi connectivity index (χ1) is 8.20. The van der Waals surface area contributed by atoms with E-state index in [-0.39, 0.29) is 17.4 Å². The van der Waals surface area contributed by atoms with Crippen LogP contribution in [0.25, 0.3) is 0 Å². The highest BCUT2D eigenvalue weighted by Crippen LogP contribution is 2.36. The molecule has 0 saturated heterocycles. The van der Waals surface area contributed by atoms with E-state index in [1.807, 2.05) is 6.08 Å². The number of hydrogen-bond acceptors (Lipinski definition) is 2. The maximum atomic E-state index is 11.7. The van der Waals surface area contributed by atoms with Crippen molar-refractivity contribution in [3.05, 3.63) is 12.2 Å². The van der Waals surface area contributed by atoms with Crippen molar-refractivity contribution in [2.45, 2.75) is 71.5 Å². The lowest BCUT2D eigenvalue weighted by molar-refractivity contribution is -0.120. The number of hydrogen-bond donors (Lipinski definition) is 0. The zero-order valence-electron chi connectivity index (χ0n) is 13.0. The third-order valence-corrected chi connectivity index (χ3v) is 8.12. The van der Waals surface area contributed by atoms with Crippen LogP contribution in [-0.4, -0.2) is 20.7 Å². The highest BCUT2D eigenvalue weighted by molar-refractivity contribution is 6.74. The number of rotatable bonds is 8. The smallest absolute Gasteiger partial charge is 0.192 e. The molecule has 0 unspecified atom stereocenters. The molecule has 0 aromatic carbocycles. The predicted octanol–water partition coefficient (Wildman–Crippen LogP) is 4.71. The second kappa shape index (κ2) is 7.90. The van der Waals surface area contributed by atoms with Crippen LogP contribution < -0.4 is 0 Å². The molecule has 2 nitrogen and oxygen atoms in total. The summed E-state index contributed by atoms with van der Waals surface area (Å²) >= 11 is 0. The Balaban J connectivity index is 3.94. The molecule has 0 atom stereocenters. The molecule has 0 aliphatic heterocycles. The van der Waals surface area contributed by atoms with Gasteiger partial charge in [0.2, 0.25) is 0 Å². The molecule has 0 spiro atoms. The number of unbranched alkanes of at least 4 members (excludes halogenated alkanes) is 2. The van der Waals surface area contributed by atoms with E-state index in [0.29, 0.717) is 6.42 Å². The summed E-state index contributed by atoms with van der Waals surface area (Å²) in [5.74, 6) is 0.188. The van der Waals surface area contributed by atoms with E-state index in [9.17, 15) is 4.79 Å². The van der Waals surface area contributed by atoms with Crippen molar-refractivity contribution in [2.75, 3.05) is 6.61 Å². The second-order valence-corrected chi connectivity index (χ2v) is 11.2. The monoisotopic (exact) mass is 270 g/mol. The first kappa shape index (κ1) is 17.6. The lowest BCUT2D eigenvalue weighted by Gasteiger charge is -2.35. The predicted molar refractivity (Wildman–Crippen MR) is 81.4 cm³/mol. The lowest BCUT2D eigenvalue weighted by Crippen LogP contribution is -2.42. The Labute approximate surface area is 114 Å². The van der Waals surface area contributed by atoms with Crippen LogP contribution in [0.2, 0.25) is 18.1 Å². The van der Waals surface area contributed by atoms with Crippen molar-refractivity contribution >= 4 is 14.1 Å². The summed E-state index contributed by atoms with van der Waals surface area (Å²) in [5.41, 5.74) is 0. The molecule has 3 heteroatoms. The van der Waals surface area contributed by atoms with Gasteiger partial charge in [-0.3, -0.25) is 4.79 Å². The molecule has 0 bridgehead atoms. The maximum Gasteiger partial charge on any atom is 0.192 e. The number of ketones is 1. The fraction of sp³-hybridized carbons (Fsp3) is 0.800. The Kier molecular flexibility index (Phi) is 7.72. The topological polar surface area (TPSA) is 26.3 Å². The molecule has 0 aromatic heterocycles. The van der Waals surface area contributed by atoms with Crippen molar-refractivity contribution < 1.29 is 9.22 Å². The summed E-state index contributed by atoms with van der Waals surface area (Å²) < 4.78 is 5.89. The third kappa shape index (κ3) is 7.12. The summed E-state index contributed by atoms with van der Waals surface area (Å²) in [4.78, 5) is 11.7. The number of carbonyl (C=O) groups excluding carboxylic acids is 1. The minimum atomic E-state index is -1.77. The van der Waals surface area contributed by atoms with E-state index < -0.39 is 8.32 Å². The van der Waals surface area contributed by atoms with E-state index >= 15 is 0 Å². The summed E-state index contributed by atoms with van der Waals surface area (Å²) in [6, 6.07) is 0. The van der Waals surface area contributed by atoms with Gasteiger partial charge in [0.1, 0.15) is 0 Å². The van der Waals surface area contributed by atoms with Crippen LogP contribution in [-0.2, 0) is 9.22 Å². The van der Waals surface area contributed by atoms with Crippen molar-refractivity contribution in [1.82, 2.24) is 0 Å². The van der Waals surface area contributed by atoms with Crippen molar-refractivity contribution in [2.24, 2.45) is 0 Å². The first-order valence-electron chi connectivity index (χ1n) is 7.01. The average Bonchev–Trinajstić information content (AvgIpc) is 2.24. The van der Waals surface area contributed by atoms with Gasteiger partial charge in [-0.25, -0.2) is 0 Å². The first-order valence-corrected chi connectivity index (χ1v) is 9.92. The standard InChI is InChI=1S/C15H30O2Si/c1-7-8-9-10-11-12-14(16)13-17-18(5,6)15(2,3)4/h10-11H,7-9,12-13H2,1-6H3/b11-10+. The normalized spacial score (nSPS) is 13.2. The van der Waals surface area contributed by atoms with Crippen LogP contribution in [0.1, 0.15) is 53.4 Å². The lowest BCUT2D eigenvalue weighted by atomic mass is 10.2. The highest BCUT2D eigenvalue weighted by Gasteiger charge is 2.37. The second-order valence-electron chi connectivity index (χ2n) is 6.41. The molecule has 0 heterocycles. The molecule has 0 aromatic rings. The Morgan fingerprint density at radius 1 is 1.22 bits per heavy atom. The van der Waals surface area contributed by atoms with Crippen molar-refractivity contribution in [1.29, 1.82) is 0 Å². The fourth-order valence-electron chi connectivity index (χ4n) is 1.19. The quantitative estimate of drug-likeness (QED) is 0.362. The van der Waals surface area contributed by atoms with E-state index in [1.165, 1.54) is 12.8 Å². The molecule has 0 fully saturated rings. The summed E-state index contributed by atoms with van der Waals surface area (Å²) in [5, 5.41) is 0.171. The minimum Gasteiger partial charge on any atom is -0.410 e. The van der Waals surface area contributed by atoms with Crippen molar-refractivity contribution in [3.8, 4) is 0 Å². The third-order valence-electron chi connectivity index (χ3n) is 3.64. The maximum absolute atomic E-state index is 11.7. The van der Waals surface area contributed by atoms with Gasteiger partial charge in [0.15, 0.2) is 14.1 Å². The van der Waals surface area contributed by atoms with Gasteiger partial charge >= 0.3 is 0 Å². The molecule has 0 radical (unpaired) electrons. The van der Waals surface area contributed by atoms with Crippen LogP contribution in [0.15, 0.2) is 12.2 Å². The number of Topliss-reactive ketones (excluding diaryl/α,β-unsaturated/α-hetero) is 1. The van der Waals surface area contributed by atoms with Gasteiger partial charge in [-0.2, -0.15) is 0 Å². The Morgan fingerprint density at radius 2 is 1.83 bits per heavy atom. The Bertz CT molecular complexity index is 275. The van der Waals surface area contributed by atoms with E-state index in [4.69, 9.17) is 4.43 Å². The van der Waals surface area contributed by atoms with Crippen LogP contribution in [0.5, 0.6) is 0 Å². The molecular formula is C15H30O2Si. The zero-order valence-corrected chi connectivity index (χ0v) is 14.0. The molecule has 0 aliphatic carbocycles. The molecule has 0 N–H and O–H groups in total. The summed E-state index contributed by atoms with van der Waals surface area (Å²) in [6.45, 7) is 13.4. The summed E-state index contributed by atoms with van der Waals surface area (Å²) in [7, 11) is -1.77. The summed E-state index contributed by atoms with van der Waals surface area (Å²) in [6.07, 6.45) is 8.07. The molecule has 0 saturated carbocycles. The zero-order chi connectivity index (χ0) is 14.2. The van der Waals surface area contributed by atoms with Gasteiger partial charge in [-0.1, -0.05) is 52.7 Å². The van der Waals surface area contributed by atoms with E-state index in [2.05, 4.69) is 46.9 Å². The molecular weight excluding hydrogens is 240 g/mol. The number of carbonyl (C=O) groups is 1. The minimum absolute atomic E-state index is 0.171.